The minimum absolute atomic E-state index is 0.333. The van der Waals surface area contributed by atoms with E-state index in [2.05, 4.69) is 0 Å². The van der Waals surface area contributed by atoms with Crippen LogP contribution in [-0.4, -0.2) is 63.4 Å². The molecule has 3 N–H and O–H groups in total. The van der Waals surface area contributed by atoms with E-state index in [0.29, 0.717) is 23.6 Å². The van der Waals surface area contributed by atoms with E-state index in [1.807, 2.05) is 0 Å². The molecule has 7 nitrogen and oxygen atoms in total. The van der Waals surface area contributed by atoms with Crippen LogP contribution in [-0.2, 0) is 9.59 Å². The zero-order chi connectivity index (χ0) is 16.1. The maximum absolute atomic E-state index is 12.4. The standard InChI is InChI=1S/C14H17N3O4S/c15-17(13(20)10-4-2-1-3-5-10)11-9-22-7-6-16(14(11)21)8-12(18)19/h1-5,11H,6-9,15H2,(H,18,19). The number of thioether (sulfide) groups is 1. The van der Waals surface area contributed by atoms with E-state index in [-0.39, 0.29) is 6.54 Å². The average Bonchev–Trinajstić information content (AvgIpc) is 2.69. The third-order valence-electron chi connectivity index (χ3n) is 3.30. The lowest BCUT2D eigenvalue weighted by atomic mass is 10.2. The SMILES string of the molecule is NN(C(=O)c1ccccc1)C1CSCCN(CC(=O)O)C1=O. The summed E-state index contributed by atoms with van der Waals surface area (Å²) in [5.74, 6) is 4.84. The third kappa shape index (κ3) is 3.77. The van der Waals surface area contributed by atoms with Crippen LogP contribution in [0.3, 0.4) is 0 Å². The molecule has 1 heterocycles. The van der Waals surface area contributed by atoms with Gasteiger partial charge < -0.3 is 10.0 Å². The lowest BCUT2D eigenvalue weighted by Crippen LogP contribution is -2.55. The molecule has 1 aromatic carbocycles. The lowest BCUT2D eigenvalue weighted by Gasteiger charge is -2.28. The molecule has 0 bridgehead atoms. The Kier molecular flexibility index (Phi) is 5.40. The number of hydrazine groups is 1. The molecular formula is C14H17N3O4S. The van der Waals surface area contributed by atoms with E-state index in [4.69, 9.17) is 10.9 Å². The number of carboxylic acids is 1. The maximum Gasteiger partial charge on any atom is 0.323 e. The van der Waals surface area contributed by atoms with Gasteiger partial charge in [-0.2, -0.15) is 11.8 Å². The first-order chi connectivity index (χ1) is 10.5. The number of hydrogen-bond donors (Lipinski definition) is 2. The Hall–Kier alpha value is -2.06. The summed E-state index contributed by atoms with van der Waals surface area (Å²) in [6.45, 7) is -0.0527. The van der Waals surface area contributed by atoms with Gasteiger partial charge in [-0.25, -0.2) is 5.84 Å². The molecule has 8 heteroatoms. The van der Waals surface area contributed by atoms with Crippen LogP contribution in [0, 0.1) is 0 Å². The number of rotatable bonds is 4. The fourth-order valence-electron chi connectivity index (χ4n) is 2.15. The van der Waals surface area contributed by atoms with E-state index in [0.717, 1.165) is 5.01 Å². The van der Waals surface area contributed by atoms with Gasteiger partial charge in [-0.3, -0.25) is 19.4 Å². The maximum atomic E-state index is 12.4. The van der Waals surface area contributed by atoms with Gasteiger partial charge >= 0.3 is 5.97 Å². The topological polar surface area (TPSA) is 104 Å². The van der Waals surface area contributed by atoms with Gasteiger partial charge in [0.05, 0.1) is 0 Å². The number of carbonyl (C=O) groups excluding carboxylic acids is 2. The molecule has 0 aromatic heterocycles. The number of amides is 2. The van der Waals surface area contributed by atoms with Crippen molar-refractivity contribution in [1.29, 1.82) is 0 Å². The van der Waals surface area contributed by atoms with E-state index >= 15 is 0 Å². The van der Waals surface area contributed by atoms with Crippen molar-refractivity contribution in [2.45, 2.75) is 6.04 Å². The summed E-state index contributed by atoms with van der Waals surface area (Å²) in [7, 11) is 0. The second kappa shape index (κ2) is 7.28. The van der Waals surface area contributed by atoms with E-state index in [1.165, 1.54) is 16.7 Å². The van der Waals surface area contributed by atoms with Gasteiger partial charge in [-0.15, -0.1) is 0 Å². The van der Waals surface area contributed by atoms with Crippen LogP contribution < -0.4 is 5.84 Å². The fraction of sp³-hybridized carbons (Fsp3) is 0.357. The van der Waals surface area contributed by atoms with Crippen molar-refractivity contribution in [2.75, 3.05) is 24.6 Å². The van der Waals surface area contributed by atoms with Crippen molar-refractivity contribution in [3.8, 4) is 0 Å². The van der Waals surface area contributed by atoms with Gasteiger partial charge in [-0.1, -0.05) is 18.2 Å². The molecule has 1 saturated heterocycles. The van der Waals surface area contributed by atoms with Crippen molar-refractivity contribution >= 4 is 29.5 Å². The monoisotopic (exact) mass is 323 g/mol. The number of nitrogens with zero attached hydrogens (tertiary/aromatic N) is 2. The van der Waals surface area contributed by atoms with Crippen LogP contribution in [0.4, 0.5) is 0 Å². The summed E-state index contributed by atoms with van der Waals surface area (Å²) in [6, 6.07) is 7.57. The average molecular weight is 323 g/mol. The molecule has 2 amide bonds. The van der Waals surface area contributed by atoms with Crippen molar-refractivity contribution < 1.29 is 19.5 Å². The normalized spacial score (nSPS) is 18.7. The Balaban J connectivity index is 2.16. The largest absolute Gasteiger partial charge is 0.480 e. The minimum atomic E-state index is -1.09. The van der Waals surface area contributed by atoms with Gasteiger partial charge in [0.25, 0.3) is 5.91 Å². The molecule has 0 aliphatic carbocycles. The van der Waals surface area contributed by atoms with Gasteiger partial charge in [0.1, 0.15) is 12.6 Å². The van der Waals surface area contributed by atoms with Gasteiger partial charge in [0.2, 0.25) is 5.91 Å². The second-order valence-corrected chi connectivity index (χ2v) is 5.97. The van der Waals surface area contributed by atoms with Gasteiger partial charge in [0, 0.05) is 23.6 Å². The summed E-state index contributed by atoms with van der Waals surface area (Å²) in [5.41, 5.74) is 0.386. The number of hydrogen-bond acceptors (Lipinski definition) is 5. The molecule has 1 unspecified atom stereocenters. The second-order valence-electron chi connectivity index (χ2n) is 4.82. The molecule has 0 spiro atoms. The minimum Gasteiger partial charge on any atom is -0.480 e. The van der Waals surface area contributed by atoms with Crippen molar-refractivity contribution in [3.63, 3.8) is 0 Å². The number of carboxylic acid groups (broad SMARTS) is 1. The Morgan fingerprint density at radius 1 is 1.36 bits per heavy atom. The van der Waals surface area contributed by atoms with Crippen LogP contribution >= 0.6 is 11.8 Å². The Morgan fingerprint density at radius 2 is 2.05 bits per heavy atom. The molecule has 22 heavy (non-hydrogen) atoms. The Labute approximate surface area is 132 Å². The van der Waals surface area contributed by atoms with Crippen molar-refractivity contribution in [3.05, 3.63) is 35.9 Å². The fourth-order valence-corrected chi connectivity index (χ4v) is 3.20. The third-order valence-corrected chi connectivity index (χ3v) is 4.32. The van der Waals surface area contributed by atoms with Crippen LogP contribution in [0.5, 0.6) is 0 Å². The number of carbonyl (C=O) groups is 3. The highest BCUT2D eigenvalue weighted by atomic mass is 32.2. The van der Waals surface area contributed by atoms with Crippen LogP contribution in [0.25, 0.3) is 0 Å². The highest BCUT2D eigenvalue weighted by Crippen LogP contribution is 2.17. The first-order valence-electron chi connectivity index (χ1n) is 6.72. The molecule has 118 valence electrons. The molecule has 0 saturated carbocycles. The molecule has 0 radical (unpaired) electrons. The lowest BCUT2D eigenvalue weighted by molar-refractivity contribution is -0.145. The van der Waals surface area contributed by atoms with E-state index < -0.39 is 23.8 Å². The van der Waals surface area contributed by atoms with Crippen LogP contribution in [0.1, 0.15) is 10.4 Å². The van der Waals surface area contributed by atoms with E-state index in [9.17, 15) is 14.4 Å². The number of nitrogens with two attached hydrogens (primary N) is 1. The van der Waals surface area contributed by atoms with Crippen molar-refractivity contribution in [1.82, 2.24) is 9.91 Å². The highest BCUT2D eigenvalue weighted by Gasteiger charge is 2.34. The molecule has 1 fully saturated rings. The van der Waals surface area contributed by atoms with Crippen LogP contribution in [0.15, 0.2) is 30.3 Å². The molecule has 1 aliphatic rings. The summed E-state index contributed by atoms with van der Waals surface area (Å²) in [5, 5.41) is 9.78. The van der Waals surface area contributed by atoms with Gasteiger partial charge in [-0.05, 0) is 12.1 Å². The smallest absolute Gasteiger partial charge is 0.323 e. The summed E-state index contributed by atoms with van der Waals surface area (Å²) >= 11 is 1.47. The molecule has 2 rings (SSSR count). The van der Waals surface area contributed by atoms with Crippen LogP contribution in [0.2, 0.25) is 0 Å². The highest BCUT2D eigenvalue weighted by molar-refractivity contribution is 7.99. The van der Waals surface area contributed by atoms with E-state index in [1.54, 1.807) is 30.3 Å². The Morgan fingerprint density at radius 3 is 2.68 bits per heavy atom. The zero-order valence-corrected chi connectivity index (χ0v) is 12.7. The first-order valence-corrected chi connectivity index (χ1v) is 7.88. The predicted octanol–water partition coefficient (Wildman–Crippen LogP) is 0.0311. The molecule has 1 atom stereocenters. The Bertz CT molecular complexity index is 566. The molecular weight excluding hydrogens is 306 g/mol. The van der Waals surface area contributed by atoms with Crippen molar-refractivity contribution in [2.24, 2.45) is 5.84 Å². The summed E-state index contributed by atoms with van der Waals surface area (Å²) in [4.78, 5) is 36.8. The molecule has 1 aliphatic heterocycles. The zero-order valence-electron chi connectivity index (χ0n) is 11.8. The van der Waals surface area contributed by atoms with Gasteiger partial charge in [0.15, 0.2) is 0 Å². The first kappa shape index (κ1) is 16.3. The quantitative estimate of drug-likeness (QED) is 0.460. The predicted molar refractivity (Wildman–Crippen MR) is 82.1 cm³/mol. The number of benzene rings is 1. The molecule has 1 aromatic rings. The summed E-state index contributed by atoms with van der Waals surface area (Å²) in [6.07, 6.45) is 0. The summed E-state index contributed by atoms with van der Waals surface area (Å²) < 4.78 is 0. The number of aliphatic carboxylic acids is 1.